The summed E-state index contributed by atoms with van der Waals surface area (Å²) in [5, 5.41) is 3.02. The molecule has 1 aromatic rings. The quantitative estimate of drug-likeness (QED) is 0.696. The second-order valence-electron chi connectivity index (χ2n) is 2.28. The van der Waals surface area contributed by atoms with Crippen LogP contribution in [0, 0.1) is 6.92 Å². The van der Waals surface area contributed by atoms with Gasteiger partial charge in [-0.2, -0.15) is 0 Å². The molecule has 0 saturated heterocycles. The van der Waals surface area contributed by atoms with Crippen molar-refractivity contribution in [3.05, 3.63) is 18.0 Å². The van der Waals surface area contributed by atoms with E-state index in [1.165, 1.54) is 0 Å². The van der Waals surface area contributed by atoms with Crippen LogP contribution in [-0.2, 0) is 0 Å². The Morgan fingerprint density at radius 1 is 1.55 bits per heavy atom. The number of ether oxygens (including phenoxy) is 1. The fourth-order valence-electron chi connectivity index (χ4n) is 0.905. The number of nitrogens with one attached hydrogen (secondary N) is 1. The first-order valence-corrected chi connectivity index (χ1v) is 3.46. The summed E-state index contributed by atoms with van der Waals surface area (Å²) in [7, 11) is 3.49. The summed E-state index contributed by atoms with van der Waals surface area (Å²) in [5.41, 5.74) is 1.95. The monoisotopic (exact) mass is 152 g/mol. The van der Waals surface area contributed by atoms with Gasteiger partial charge in [0.1, 0.15) is 0 Å². The van der Waals surface area contributed by atoms with Crippen LogP contribution < -0.4 is 10.1 Å². The van der Waals surface area contributed by atoms with Crippen molar-refractivity contribution in [2.75, 3.05) is 19.5 Å². The lowest BCUT2D eigenvalue weighted by atomic mass is 10.3. The molecule has 1 rings (SSSR count). The zero-order valence-corrected chi connectivity index (χ0v) is 7.01. The van der Waals surface area contributed by atoms with Gasteiger partial charge in [0.2, 0.25) is 0 Å². The van der Waals surface area contributed by atoms with Gasteiger partial charge < -0.3 is 10.1 Å². The third-order valence-corrected chi connectivity index (χ3v) is 1.49. The molecular formula is C8H12N2O. The molecule has 0 aliphatic heterocycles. The number of pyridine rings is 1. The summed E-state index contributed by atoms with van der Waals surface area (Å²) >= 11 is 0. The van der Waals surface area contributed by atoms with Crippen LogP contribution in [0.15, 0.2) is 12.3 Å². The van der Waals surface area contributed by atoms with Gasteiger partial charge in [0.15, 0.2) is 5.75 Å². The van der Waals surface area contributed by atoms with E-state index in [0.717, 1.165) is 17.1 Å². The van der Waals surface area contributed by atoms with E-state index in [0.29, 0.717) is 0 Å². The van der Waals surface area contributed by atoms with E-state index < -0.39 is 0 Å². The van der Waals surface area contributed by atoms with Gasteiger partial charge in [0.05, 0.1) is 19.0 Å². The molecule has 0 aliphatic rings. The van der Waals surface area contributed by atoms with Crippen LogP contribution in [0.25, 0.3) is 0 Å². The largest absolute Gasteiger partial charge is 0.493 e. The molecule has 1 N–H and O–H groups in total. The highest BCUT2D eigenvalue weighted by Gasteiger charge is 1.99. The lowest BCUT2D eigenvalue weighted by molar-refractivity contribution is 0.414. The number of aromatic nitrogens is 1. The Labute approximate surface area is 66.4 Å². The summed E-state index contributed by atoms with van der Waals surface area (Å²) in [5.74, 6) is 0.776. The van der Waals surface area contributed by atoms with Crippen LogP contribution in [0.2, 0.25) is 0 Å². The van der Waals surface area contributed by atoms with Crippen molar-refractivity contribution < 1.29 is 4.74 Å². The molecule has 0 atom stereocenters. The summed E-state index contributed by atoms with van der Waals surface area (Å²) in [6, 6.07) is 1.94. The third-order valence-electron chi connectivity index (χ3n) is 1.49. The minimum atomic E-state index is 0.776. The number of hydrogen-bond donors (Lipinski definition) is 1. The van der Waals surface area contributed by atoms with Crippen LogP contribution in [0.1, 0.15) is 5.69 Å². The van der Waals surface area contributed by atoms with Gasteiger partial charge in [-0.3, -0.25) is 4.98 Å². The minimum Gasteiger partial charge on any atom is -0.493 e. The maximum atomic E-state index is 5.07. The summed E-state index contributed by atoms with van der Waals surface area (Å²) < 4.78 is 5.07. The molecule has 0 saturated carbocycles. The highest BCUT2D eigenvalue weighted by Crippen LogP contribution is 2.22. The average Bonchev–Trinajstić information content (AvgIpc) is 2.04. The van der Waals surface area contributed by atoms with E-state index in [9.17, 15) is 0 Å². The molecule has 1 aromatic heterocycles. The molecule has 0 unspecified atom stereocenters. The van der Waals surface area contributed by atoms with Crippen molar-refractivity contribution in [1.82, 2.24) is 4.98 Å². The standard InChI is InChI=1S/C8H12N2O/c1-6-4-7(9-2)8(11-3)5-10-6/h4-5H,1-3H3,(H,9,10). The van der Waals surface area contributed by atoms with Crippen molar-refractivity contribution in [1.29, 1.82) is 0 Å². The Morgan fingerprint density at radius 3 is 2.82 bits per heavy atom. The summed E-state index contributed by atoms with van der Waals surface area (Å²) in [4.78, 5) is 4.09. The first kappa shape index (κ1) is 7.85. The summed E-state index contributed by atoms with van der Waals surface area (Å²) in [6.07, 6.45) is 1.71. The van der Waals surface area contributed by atoms with Crippen molar-refractivity contribution in [2.24, 2.45) is 0 Å². The first-order valence-electron chi connectivity index (χ1n) is 3.46. The molecule has 0 radical (unpaired) electrons. The van der Waals surface area contributed by atoms with Crippen molar-refractivity contribution in [3.8, 4) is 5.75 Å². The topological polar surface area (TPSA) is 34.2 Å². The van der Waals surface area contributed by atoms with Gasteiger partial charge in [-0.05, 0) is 13.0 Å². The molecule has 1 heterocycles. The van der Waals surface area contributed by atoms with Crippen molar-refractivity contribution in [2.45, 2.75) is 6.92 Å². The molecule has 60 valence electrons. The number of methoxy groups -OCH3 is 1. The van der Waals surface area contributed by atoms with E-state index in [4.69, 9.17) is 4.74 Å². The van der Waals surface area contributed by atoms with Gasteiger partial charge >= 0.3 is 0 Å². The highest BCUT2D eigenvalue weighted by atomic mass is 16.5. The number of aryl methyl sites for hydroxylation is 1. The Hall–Kier alpha value is -1.25. The van der Waals surface area contributed by atoms with Crippen molar-refractivity contribution in [3.63, 3.8) is 0 Å². The number of nitrogens with zero attached hydrogens (tertiary/aromatic N) is 1. The Balaban J connectivity index is 3.06. The van der Waals surface area contributed by atoms with Gasteiger partial charge in [0.25, 0.3) is 0 Å². The second-order valence-corrected chi connectivity index (χ2v) is 2.28. The van der Waals surface area contributed by atoms with Gasteiger partial charge in [-0.25, -0.2) is 0 Å². The Morgan fingerprint density at radius 2 is 2.27 bits per heavy atom. The van der Waals surface area contributed by atoms with E-state index in [1.54, 1.807) is 13.3 Å². The molecule has 0 amide bonds. The Kier molecular flexibility index (Phi) is 2.31. The van der Waals surface area contributed by atoms with Crippen molar-refractivity contribution >= 4 is 5.69 Å². The lowest BCUT2D eigenvalue weighted by Gasteiger charge is -2.06. The normalized spacial score (nSPS) is 9.36. The van der Waals surface area contributed by atoms with Gasteiger partial charge in [0, 0.05) is 12.7 Å². The second kappa shape index (κ2) is 3.23. The fraction of sp³-hybridized carbons (Fsp3) is 0.375. The minimum absolute atomic E-state index is 0.776. The predicted molar refractivity (Wildman–Crippen MR) is 45.1 cm³/mol. The SMILES string of the molecule is CNc1cc(C)ncc1OC. The highest BCUT2D eigenvalue weighted by molar-refractivity contribution is 5.55. The third kappa shape index (κ3) is 1.61. The lowest BCUT2D eigenvalue weighted by Crippen LogP contribution is -1.95. The van der Waals surface area contributed by atoms with Gasteiger partial charge in [-0.15, -0.1) is 0 Å². The molecule has 0 bridgehead atoms. The van der Waals surface area contributed by atoms with Crippen LogP contribution in [0.5, 0.6) is 5.75 Å². The van der Waals surface area contributed by atoms with Crippen LogP contribution >= 0.6 is 0 Å². The molecule has 0 fully saturated rings. The van der Waals surface area contributed by atoms with E-state index in [2.05, 4.69) is 10.3 Å². The van der Waals surface area contributed by atoms with Crippen LogP contribution in [0.4, 0.5) is 5.69 Å². The fourth-order valence-corrected chi connectivity index (χ4v) is 0.905. The van der Waals surface area contributed by atoms with Crippen LogP contribution in [0.3, 0.4) is 0 Å². The number of rotatable bonds is 2. The van der Waals surface area contributed by atoms with Crippen LogP contribution in [-0.4, -0.2) is 19.1 Å². The molecule has 0 spiro atoms. The maximum absolute atomic E-state index is 5.07. The predicted octanol–water partition coefficient (Wildman–Crippen LogP) is 1.44. The zero-order chi connectivity index (χ0) is 8.27. The number of hydrogen-bond acceptors (Lipinski definition) is 3. The molecule has 0 aliphatic carbocycles. The molecule has 0 aromatic carbocycles. The van der Waals surface area contributed by atoms with Gasteiger partial charge in [-0.1, -0.05) is 0 Å². The average molecular weight is 152 g/mol. The zero-order valence-electron chi connectivity index (χ0n) is 7.01. The first-order chi connectivity index (χ1) is 5.27. The van der Waals surface area contributed by atoms with E-state index >= 15 is 0 Å². The molecule has 11 heavy (non-hydrogen) atoms. The smallest absolute Gasteiger partial charge is 0.160 e. The van der Waals surface area contributed by atoms with E-state index in [1.807, 2.05) is 20.0 Å². The maximum Gasteiger partial charge on any atom is 0.160 e. The Bertz CT molecular complexity index is 248. The number of anilines is 1. The molecular weight excluding hydrogens is 140 g/mol. The molecule has 3 nitrogen and oxygen atoms in total. The summed E-state index contributed by atoms with van der Waals surface area (Å²) in [6.45, 7) is 1.94. The van der Waals surface area contributed by atoms with E-state index in [-0.39, 0.29) is 0 Å². The molecule has 3 heteroatoms.